The van der Waals surface area contributed by atoms with Gasteiger partial charge in [-0.25, -0.2) is 0 Å². The predicted molar refractivity (Wildman–Crippen MR) is 139 cm³/mol. The minimum atomic E-state index is -0.0470. The summed E-state index contributed by atoms with van der Waals surface area (Å²) < 4.78 is 2.38. The van der Waals surface area contributed by atoms with E-state index in [0.29, 0.717) is 0 Å². The van der Waals surface area contributed by atoms with Crippen molar-refractivity contribution in [3.63, 3.8) is 0 Å². The van der Waals surface area contributed by atoms with Gasteiger partial charge in [-0.2, -0.15) is 0 Å². The van der Waals surface area contributed by atoms with Crippen molar-refractivity contribution in [2.24, 2.45) is 0 Å². The Labute approximate surface area is 200 Å². The molecule has 166 valence electrons. The highest BCUT2D eigenvalue weighted by Gasteiger charge is 2.42. The summed E-state index contributed by atoms with van der Waals surface area (Å²) >= 11 is 5.87. The topological polar surface area (TPSA) is 33.1 Å². The number of thiocarbonyl (C=S) groups is 1. The first-order valence-corrected chi connectivity index (χ1v) is 11.8. The molecule has 0 aliphatic carbocycles. The van der Waals surface area contributed by atoms with E-state index in [1.807, 2.05) is 24.4 Å². The maximum absolute atomic E-state index is 5.87. The normalized spacial score (nSPS) is 17.9. The van der Waals surface area contributed by atoms with Gasteiger partial charge >= 0.3 is 0 Å². The van der Waals surface area contributed by atoms with Crippen LogP contribution in [0.2, 0.25) is 0 Å². The summed E-state index contributed by atoms with van der Waals surface area (Å²) in [5, 5.41) is 4.29. The van der Waals surface area contributed by atoms with Crippen LogP contribution in [0, 0.1) is 13.8 Å². The number of aromatic nitrogens is 2. The fraction of sp³-hybridized carbons (Fsp3) is 0.214. The molecule has 0 unspecified atom stereocenters. The number of nitrogens with one attached hydrogen (secondary N) is 1. The molecule has 5 rings (SSSR count). The molecule has 1 aliphatic heterocycles. The Balaban J connectivity index is 1.69. The highest BCUT2D eigenvalue weighted by molar-refractivity contribution is 7.80. The molecule has 4 nitrogen and oxygen atoms in total. The van der Waals surface area contributed by atoms with Crippen LogP contribution in [0.15, 0.2) is 85.1 Å². The van der Waals surface area contributed by atoms with E-state index in [9.17, 15) is 0 Å². The Kier molecular flexibility index (Phi) is 5.73. The van der Waals surface area contributed by atoms with Crippen LogP contribution in [0.4, 0.5) is 5.69 Å². The van der Waals surface area contributed by atoms with Crippen LogP contribution in [-0.2, 0) is 6.42 Å². The van der Waals surface area contributed by atoms with E-state index >= 15 is 0 Å². The maximum Gasteiger partial charge on any atom is 0.174 e. The highest BCUT2D eigenvalue weighted by Crippen LogP contribution is 2.43. The monoisotopic (exact) mass is 452 g/mol. The molecule has 3 heterocycles. The third kappa shape index (κ3) is 3.72. The highest BCUT2D eigenvalue weighted by atomic mass is 32.1. The van der Waals surface area contributed by atoms with Crippen LogP contribution >= 0.6 is 12.2 Å². The molecule has 1 saturated heterocycles. The van der Waals surface area contributed by atoms with Crippen molar-refractivity contribution in [3.05, 3.63) is 113 Å². The fourth-order valence-corrected chi connectivity index (χ4v) is 5.37. The number of hydrogen-bond acceptors (Lipinski definition) is 2. The van der Waals surface area contributed by atoms with Gasteiger partial charge in [0.15, 0.2) is 5.11 Å². The van der Waals surface area contributed by atoms with Gasteiger partial charge in [0, 0.05) is 29.0 Å². The predicted octanol–water partition coefficient (Wildman–Crippen LogP) is 6.23. The molecule has 2 atom stereocenters. The molecule has 33 heavy (non-hydrogen) atoms. The standard InChI is InChI=1S/C28H28N4S/c1-4-21-12-8-9-16-25(21)31-19(2)18-23(20(31)3)27-26(24-15-10-11-17-29-24)30-28(33)32(27)22-13-6-5-7-14-22/h5-18,26-27H,4H2,1-3H3,(H,30,33)/t26-,27-/m1/s1. The molecule has 5 heteroatoms. The van der Waals surface area contributed by atoms with Crippen molar-refractivity contribution >= 4 is 23.0 Å². The molecular weight excluding hydrogens is 424 g/mol. The summed E-state index contributed by atoms with van der Waals surface area (Å²) in [6, 6.07) is 27.4. The smallest absolute Gasteiger partial charge is 0.174 e. The van der Waals surface area contributed by atoms with Gasteiger partial charge in [-0.1, -0.05) is 49.4 Å². The van der Waals surface area contributed by atoms with Crippen LogP contribution in [-0.4, -0.2) is 14.7 Å². The molecule has 2 aromatic heterocycles. The van der Waals surface area contributed by atoms with E-state index in [0.717, 1.165) is 22.9 Å². The molecule has 0 spiro atoms. The first-order valence-electron chi connectivity index (χ1n) is 11.4. The van der Waals surface area contributed by atoms with Crippen molar-refractivity contribution in [2.75, 3.05) is 4.90 Å². The molecule has 0 radical (unpaired) electrons. The van der Waals surface area contributed by atoms with Gasteiger partial charge < -0.3 is 14.8 Å². The third-order valence-corrected chi connectivity index (χ3v) is 6.85. The van der Waals surface area contributed by atoms with Crippen molar-refractivity contribution in [2.45, 2.75) is 39.3 Å². The molecule has 0 bridgehead atoms. The third-order valence-electron chi connectivity index (χ3n) is 6.53. The molecule has 0 amide bonds. The minimum Gasteiger partial charge on any atom is -0.351 e. The lowest BCUT2D eigenvalue weighted by Crippen LogP contribution is -2.29. The first kappa shape index (κ1) is 21.4. The largest absolute Gasteiger partial charge is 0.351 e. The number of rotatable bonds is 5. The Hall–Kier alpha value is -3.44. The Bertz CT molecular complexity index is 1280. The van der Waals surface area contributed by atoms with E-state index < -0.39 is 0 Å². The molecule has 0 saturated carbocycles. The zero-order chi connectivity index (χ0) is 22.9. The first-order chi connectivity index (χ1) is 16.1. The number of pyridine rings is 1. The molecule has 4 aromatic rings. The van der Waals surface area contributed by atoms with E-state index in [1.165, 1.54) is 28.2 Å². The Morgan fingerprint density at radius 1 is 0.939 bits per heavy atom. The van der Waals surface area contributed by atoms with Gasteiger partial charge in [-0.15, -0.1) is 0 Å². The lowest BCUT2D eigenvalue weighted by Gasteiger charge is -2.28. The second kappa shape index (κ2) is 8.83. The van der Waals surface area contributed by atoms with Gasteiger partial charge in [0.05, 0.1) is 17.8 Å². The molecule has 1 aliphatic rings. The average molecular weight is 453 g/mol. The summed E-state index contributed by atoms with van der Waals surface area (Å²) in [5.41, 5.74) is 8.35. The molecule has 1 N–H and O–H groups in total. The Morgan fingerprint density at radius 3 is 2.39 bits per heavy atom. The maximum atomic E-state index is 5.87. The summed E-state index contributed by atoms with van der Waals surface area (Å²) in [7, 11) is 0. The zero-order valence-electron chi connectivity index (χ0n) is 19.2. The average Bonchev–Trinajstić information content (AvgIpc) is 3.35. The van der Waals surface area contributed by atoms with Gasteiger partial charge in [0.2, 0.25) is 0 Å². The second-order valence-electron chi connectivity index (χ2n) is 8.48. The second-order valence-corrected chi connectivity index (χ2v) is 8.86. The van der Waals surface area contributed by atoms with Crippen LogP contribution < -0.4 is 10.2 Å². The van der Waals surface area contributed by atoms with Crippen LogP contribution in [0.1, 0.15) is 47.2 Å². The van der Waals surface area contributed by atoms with E-state index in [4.69, 9.17) is 12.2 Å². The number of nitrogens with zero attached hydrogens (tertiary/aromatic N) is 3. The summed E-state index contributed by atoms with van der Waals surface area (Å²) in [4.78, 5) is 6.93. The number of hydrogen-bond donors (Lipinski definition) is 1. The van der Waals surface area contributed by atoms with Gasteiger partial charge in [0.25, 0.3) is 0 Å². The summed E-state index contributed by atoms with van der Waals surface area (Å²) in [5.74, 6) is 0. The SMILES string of the molecule is CCc1ccccc1-n1c(C)cc([C@@H]2[C@@H](c3ccccn3)NC(=S)N2c2ccccc2)c1C. The van der Waals surface area contributed by atoms with Crippen LogP contribution in [0.25, 0.3) is 5.69 Å². The number of aryl methyl sites for hydroxylation is 2. The van der Waals surface area contributed by atoms with E-state index in [1.54, 1.807) is 0 Å². The lowest BCUT2D eigenvalue weighted by molar-refractivity contribution is 0.565. The number of anilines is 1. The Morgan fingerprint density at radius 2 is 1.67 bits per heavy atom. The van der Waals surface area contributed by atoms with Crippen molar-refractivity contribution < 1.29 is 0 Å². The van der Waals surface area contributed by atoms with E-state index in [-0.39, 0.29) is 12.1 Å². The summed E-state index contributed by atoms with van der Waals surface area (Å²) in [6.45, 7) is 6.61. The van der Waals surface area contributed by atoms with Gasteiger partial charge in [-0.3, -0.25) is 4.98 Å². The molecular formula is C28H28N4S. The summed E-state index contributed by atoms with van der Waals surface area (Å²) in [6.07, 6.45) is 2.84. The van der Waals surface area contributed by atoms with Crippen LogP contribution in [0.3, 0.4) is 0 Å². The fourth-order valence-electron chi connectivity index (χ4n) is 5.02. The number of benzene rings is 2. The van der Waals surface area contributed by atoms with Gasteiger partial charge in [-0.05, 0) is 80.0 Å². The zero-order valence-corrected chi connectivity index (χ0v) is 20.0. The van der Waals surface area contributed by atoms with Crippen LogP contribution in [0.5, 0.6) is 0 Å². The van der Waals surface area contributed by atoms with Crippen molar-refractivity contribution in [1.82, 2.24) is 14.9 Å². The molecule has 1 fully saturated rings. The number of para-hydroxylation sites is 2. The minimum absolute atomic E-state index is 0.0106. The lowest BCUT2D eigenvalue weighted by atomic mass is 9.96. The van der Waals surface area contributed by atoms with E-state index in [2.05, 4.69) is 101 Å². The van der Waals surface area contributed by atoms with Gasteiger partial charge in [0.1, 0.15) is 0 Å². The van der Waals surface area contributed by atoms with Crippen molar-refractivity contribution in [3.8, 4) is 5.69 Å². The van der Waals surface area contributed by atoms with Crippen molar-refractivity contribution in [1.29, 1.82) is 0 Å². The quantitative estimate of drug-likeness (QED) is 0.364. The molecule has 2 aromatic carbocycles.